The molecule has 2 rings (SSSR count). The number of hydrogen-bond acceptors (Lipinski definition) is 6. The van der Waals surface area contributed by atoms with Gasteiger partial charge in [0.05, 0.1) is 12.3 Å². The molecule has 0 radical (unpaired) electrons. The van der Waals surface area contributed by atoms with E-state index in [1.807, 2.05) is 20.9 Å². The van der Waals surface area contributed by atoms with Gasteiger partial charge in [0.15, 0.2) is 11.5 Å². The zero-order valence-corrected chi connectivity index (χ0v) is 12.1. The summed E-state index contributed by atoms with van der Waals surface area (Å²) in [6.45, 7) is 6.51. The number of esters is 1. The summed E-state index contributed by atoms with van der Waals surface area (Å²) in [4.78, 5) is 11.9. The number of hydrogen-bond donors (Lipinski definition) is 0. The van der Waals surface area contributed by atoms with Crippen molar-refractivity contribution in [1.82, 2.24) is 29.8 Å². The van der Waals surface area contributed by atoms with Gasteiger partial charge in [-0.3, -0.25) is 0 Å². The Kier molecular flexibility index (Phi) is 4.11. The second kappa shape index (κ2) is 5.81. The van der Waals surface area contributed by atoms with E-state index in [0.29, 0.717) is 18.8 Å². The molecule has 0 saturated carbocycles. The van der Waals surface area contributed by atoms with Crippen LogP contribution in [0.3, 0.4) is 0 Å². The summed E-state index contributed by atoms with van der Waals surface area (Å²) in [7, 11) is 1.85. The average molecular weight is 278 g/mol. The van der Waals surface area contributed by atoms with Gasteiger partial charge in [-0.2, -0.15) is 0 Å². The molecular formula is C12H18N6O2. The van der Waals surface area contributed by atoms with Crippen LogP contribution in [0.5, 0.6) is 0 Å². The number of rotatable bonds is 5. The minimum atomic E-state index is -0.444. The van der Waals surface area contributed by atoms with E-state index in [1.165, 1.54) is 0 Å². The molecule has 0 aliphatic rings. The minimum absolute atomic E-state index is 0.243. The van der Waals surface area contributed by atoms with Crippen molar-refractivity contribution in [2.75, 3.05) is 6.61 Å². The summed E-state index contributed by atoms with van der Waals surface area (Å²) in [6, 6.07) is 0. The topological polar surface area (TPSA) is 87.7 Å². The molecule has 2 heterocycles. The van der Waals surface area contributed by atoms with Gasteiger partial charge >= 0.3 is 5.97 Å². The Morgan fingerprint density at radius 3 is 2.75 bits per heavy atom. The van der Waals surface area contributed by atoms with Crippen LogP contribution in [0.15, 0.2) is 6.33 Å². The lowest BCUT2D eigenvalue weighted by Gasteiger charge is -2.06. The fraction of sp³-hybridized carbons (Fsp3) is 0.583. The van der Waals surface area contributed by atoms with Gasteiger partial charge in [-0.1, -0.05) is 19.1 Å². The van der Waals surface area contributed by atoms with E-state index in [4.69, 9.17) is 4.74 Å². The molecule has 8 heteroatoms. The summed E-state index contributed by atoms with van der Waals surface area (Å²) < 4.78 is 8.55. The van der Waals surface area contributed by atoms with Crippen molar-refractivity contribution >= 4 is 5.97 Å². The maximum atomic E-state index is 11.9. The highest BCUT2D eigenvalue weighted by molar-refractivity contribution is 5.88. The second-order valence-electron chi connectivity index (χ2n) is 5.03. The molecule has 0 N–H and O–H groups in total. The first-order chi connectivity index (χ1) is 9.49. The number of nitrogens with zero attached hydrogens (tertiary/aromatic N) is 6. The fourth-order valence-electron chi connectivity index (χ4n) is 1.59. The van der Waals surface area contributed by atoms with E-state index >= 15 is 0 Å². The summed E-state index contributed by atoms with van der Waals surface area (Å²) in [5, 5.41) is 15.6. The predicted molar refractivity (Wildman–Crippen MR) is 70.0 cm³/mol. The number of aryl methyl sites for hydroxylation is 1. The molecule has 0 aliphatic carbocycles. The molecule has 108 valence electrons. The Labute approximate surface area is 116 Å². The fourth-order valence-corrected chi connectivity index (χ4v) is 1.59. The first-order valence-corrected chi connectivity index (χ1v) is 6.39. The molecule has 0 unspecified atom stereocenters. The van der Waals surface area contributed by atoms with Crippen LogP contribution in [0, 0.1) is 12.8 Å². The molecule has 8 nitrogen and oxygen atoms in total. The Hall–Kier alpha value is -2.25. The molecule has 0 bridgehead atoms. The van der Waals surface area contributed by atoms with Crippen molar-refractivity contribution in [3.8, 4) is 0 Å². The summed E-state index contributed by atoms with van der Waals surface area (Å²) in [5.74, 6) is 0.577. The molecule has 0 aliphatic heterocycles. The third-order valence-corrected chi connectivity index (χ3v) is 2.82. The first kappa shape index (κ1) is 14.2. The number of carbonyl (C=O) groups is 1. The Bertz CT molecular complexity index is 601. The number of carbonyl (C=O) groups excluding carboxylic acids is 1. The standard InChI is InChI=1S/C12H18N6O2/c1-8(2)6-20-12(19)11-9(3)18(16-15-11)5-10-14-13-7-17(10)4/h7-8H,5-6H2,1-4H3. The van der Waals surface area contributed by atoms with Gasteiger partial charge in [0, 0.05) is 7.05 Å². The van der Waals surface area contributed by atoms with Crippen molar-refractivity contribution < 1.29 is 9.53 Å². The Morgan fingerprint density at radius 2 is 2.15 bits per heavy atom. The quantitative estimate of drug-likeness (QED) is 0.743. The molecule has 0 atom stereocenters. The van der Waals surface area contributed by atoms with Crippen LogP contribution < -0.4 is 0 Å². The molecule has 0 fully saturated rings. The van der Waals surface area contributed by atoms with Crippen LogP contribution in [0.25, 0.3) is 0 Å². The molecule has 2 aromatic heterocycles. The molecular weight excluding hydrogens is 260 g/mol. The normalized spacial score (nSPS) is 11.1. The van der Waals surface area contributed by atoms with E-state index < -0.39 is 5.97 Å². The van der Waals surface area contributed by atoms with Crippen LogP contribution in [0.1, 0.15) is 35.9 Å². The van der Waals surface area contributed by atoms with E-state index in [0.717, 1.165) is 5.82 Å². The van der Waals surface area contributed by atoms with Crippen molar-refractivity contribution in [1.29, 1.82) is 0 Å². The van der Waals surface area contributed by atoms with E-state index in [2.05, 4.69) is 20.5 Å². The van der Waals surface area contributed by atoms with Crippen LogP contribution in [-0.4, -0.2) is 42.3 Å². The first-order valence-electron chi connectivity index (χ1n) is 6.39. The molecule has 0 saturated heterocycles. The Balaban J connectivity index is 2.11. The summed E-state index contributed by atoms with van der Waals surface area (Å²) in [6.07, 6.45) is 1.61. The SMILES string of the molecule is Cc1c(C(=O)OCC(C)C)nnn1Cc1nncn1C. The smallest absolute Gasteiger partial charge is 0.360 e. The second-order valence-corrected chi connectivity index (χ2v) is 5.03. The van der Waals surface area contributed by atoms with E-state index in [9.17, 15) is 4.79 Å². The molecule has 0 spiro atoms. The summed E-state index contributed by atoms with van der Waals surface area (Å²) in [5.41, 5.74) is 0.898. The molecule has 20 heavy (non-hydrogen) atoms. The molecule has 2 aromatic rings. The number of ether oxygens (including phenoxy) is 1. The largest absolute Gasteiger partial charge is 0.461 e. The molecule has 0 amide bonds. The van der Waals surface area contributed by atoms with Gasteiger partial charge < -0.3 is 9.30 Å². The minimum Gasteiger partial charge on any atom is -0.461 e. The van der Waals surface area contributed by atoms with E-state index in [-0.39, 0.29) is 11.6 Å². The average Bonchev–Trinajstić information content (AvgIpc) is 2.95. The highest BCUT2D eigenvalue weighted by Gasteiger charge is 2.19. The van der Waals surface area contributed by atoms with Crippen molar-refractivity contribution in [2.45, 2.75) is 27.3 Å². The van der Waals surface area contributed by atoms with Crippen molar-refractivity contribution in [3.63, 3.8) is 0 Å². The lowest BCUT2D eigenvalue weighted by molar-refractivity contribution is 0.0451. The van der Waals surface area contributed by atoms with E-state index in [1.54, 1.807) is 22.5 Å². The predicted octanol–water partition coefficient (Wildman–Crippen LogP) is 0.576. The third-order valence-electron chi connectivity index (χ3n) is 2.82. The maximum Gasteiger partial charge on any atom is 0.360 e. The van der Waals surface area contributed by atoms with Crippen LogP contribution in [0.2, 0.25) is 0 Å². The van der Waals surface area contributed by atoms with Crippen molar-refractivity contribution in [2.24, 2.45) is 13.0 Å². The monoisotopic (exact) mass is 278 g/mol. The van der Waals surface area contributed by atoms with Crippen LogP contribution in [-0.2, 0) is 18.3 Å². The van der Waals surface area contributed by atoms with Gasteiger partial charge in [0.2, 0.25) is 0 Å². The highest BCUT2D eigenvalue weighted by Crippen LogP contribution is 2.08. The van der Waals surface area contributed by atoms with Gasteiger partial charge in [0.1, 0.15) is 12.9 Å². The van der Waals surface area contributed by atoms with Crippen LogP contribution in [0.4, 0.5) is 0 Å². The summed E-state index contributed by atoms with van der Waals surface area (Å²) >= 11 is 0. The Morgan fingerprint density at radius 1 is 1.40 bits per heavy atom. The lowest BCUT2D eigenvalue weighted by Crippen LogP contribution is -2.13. The van der Waals surface area contributed by atoms with Gasteiger partial charge in [-0.15, -0.1) is 15.3 Å². The van der Waals surface area contributed by atoms with Crippen LogP contribution >= 0.6 is 0 Å². The highest BCUT2D eigenvalue weighted by atomic mass is 16.5. The number of aromatic nitrogens is 6. The molecule has 0 aromatic carbocycles. The van der Waals surface area contributed by atoms with Gasteiger partial charge in [-0.25, -0.2) is 9.48 Å². The maximum absolute atomic E-state index is 11.9. The van der Waals surface area contributed by atoms with Gasteiger partial charge in [0.25, 0.3) is 0 Å². The zero-order valence-electron chi connectivity index (χ0n) is 12.1. The third kappa shape index (κ3) is 3.01. The van der Waals surface area contributed by atoms with Crippen molar-refractivity contribution in [3.05, 3.63) is 23.5 Å². The van der Waals surface area contributed by atoms with Gasteiger partial charge in [-0.05, 0) is 12.8 Å². The lowest BCUT2D eigenvalue weighted by atomic mass is 10.2. The zero-order chi connectivity index (χ0) is 14.7.